The Morgan fingerprint density at radius 2 is 1.93 bits per heavy atom. The second kappa shape index (κ2) is 9.56. The molecule has 4 aromatic rings. The molecule has 0 fully saturated rings. The molecule has 30 heavy (non-hydrogen) atoms. The number of nitrogens with zero attached hydrogens (tertiary/aromatic N) is 3. The summed E-state index contributed by atoms with van der Waals surface area (Å²) in [5.74, 6) is 0.848. The molecule has 150 valence electrons. The van der Waals surface area contributed by atoms with Crippen LogP contribution in [-0.2, 0) is 13.5 Å². The first-order valence-electron chi connectivity index (χ1n) is 9.92. The van der Waals surface area contributed by atoms with Gasteiger partial charge in [-0.15, -0.1) is 0 Å². The number of H-pyrrole nitrogens is 1. The van der Waals surface area contributed by atoms with Gasteiger partial charge in [-0.3, -0.25) is 10.1 Å². The van der Waals surface area contributed by atoms with Gasteiger partial charge in [0.25, 0.3) is 0 Å². The number of aryl methyl sites for hydroxylation is 1. The number of benzene rings is 1. The van der Waals surface area contributed by atoms with Crippen LogP contribution in [0.25, 0.3) is 24.3 Å². The van der Waals surface area contributed by atoms with Crippen molar-refractivity contribution in [1.82, 2.24) is 19.7 Å². The smallest absolute Gasteiger partial charge is 0.119 e. The van der Waals surface area contributed by atoms with E-state index in [4.69, 9.17) is 4.74 Å². The van der Waals surface area contributed by atoms with Gasteiger partial charge in [0.05, 0.1) is 18.0 Å². The summed E-state index contributed by atoms with van der Waals surface area (Å²) in [6.45, 7) is 0.598. The number of pyridine rings is 1. The van der Waals surface area contributed by atoms with Gasteiger partial charge in [0.1, 0.15) is 5.75 Å². The van der Waals surface area contributed by atoms with Gasteiger partial charge >= 0.3 is 0 Å². The minimum absolute atomic E-state index is 0.598. The quantitative estimate of drug-likeness (QED) is 0.450. The van der Waals surface area contributed by atoms with Crippen LogP contribution in [0.2, 0.25) is 0 Å². The minimum Gasteiger partial charge on any atom is -0.493 e. The third-order valence-electron chi connectivity index (χ3n) is 4.69. The maximum absolute atomic E-state index is 5.88. The van der Waals surface area contributed by atoms with Crippen LogP contribution in [0.5, 0.6) is 5.75 Å². The van der Waals surface area contributed by atoms with Gasteiger partial charge in [0, 0.05) is 37.3 Å². The van der Waals surface area contributed by atoms with Crippen LogP contribution in [-0.4, -0.2) is 26.4 Å². The Morgan fingerprint density at radius 1 is 0.967 bits per heavy atom. The Labute approximate surface area is 176 Å². The lowest BCUT2D eigenvalue weighted by Gasteiger charge is -2.06. The maximum atomic E-state index is 5.88. The summed E-state index contributed by atoms with van der Waals surface area (Å²) in [6.07, 6.45) is 12.7. The summed E-state index contributed by atoms with van der Waals surface area (Å²) < 4.78 is 7.95. The fourth-order valence-electron chi connectivity index (χ4n) is 3.06. The Bertz CT molecular complexity index is 1140. The van der Waals surface area contributed by atoms with E-state index in [9.17, 15) is 0 Å². The second-order valence-corrected chi connectivity index (χ2v) is 6.95. The highest BCUT2D eigenvalue weighted by atomic mass is 16.5. The number of ether oxygens (including phenoxy) is 1. The molecule has 0 saturated carbocycles. The number of aromatic nitrogens is 4. The van der Waals surface area contributed by atoms with Crippen molar-refractivity contribution in [2.24, 2.45) is 7.05 Å². The molecule has 0 unspecified atom stereocenters. The molecular weight excluding hydrogens is 372 g/mol. The molecule has 0 spiro atoms. The molecule has 0 amide bonds. The molecule has 0 saturated heterocycles. The number of rotatable bonds is 8. The van der Waals surface area contributed by atoms with E-state index >= 15 is 0 Å². The van der Waals surface area contributed by atoms with Crippen LogP contribution in [0, 0.1) is 0 Å². The first-order valence-corrected chi connectivity index (χ1v) is 9.92. The first kappa shape index (κ1) is 19.5. The van der Waals surface area contributed by atoms with Crippen molar-refractivity contribution in [1.29, 1.82) is 0 Å². The predicted octanol–water partition coefficient (Wildman–Crippen LogP) is 5.11. The summed E-state index contributed by atoms with van der Waals surface area (Å²) in [6, 6.07) is 20.1. The van der Waals surface area contributed by atoms with Crippen LogP contribution < -0.4 is 4.74 Å². The molecule has 4 rings (SSSR count). The predicted molar refractivity (Wildman–Crippen MR) is 122 cm³/mol. The van der Waals surface area contributed by atoms with Crippen LogP contribution in [0.4, 0.5) is 0 Å². The first-order chi connectivity index (χ1) is 14.8. The van der Waals surface area contributed by atoms with Gasteiger partial charge in [-0.05, 0) is 66.3 Å². The molecule has 0 radical (unpaired) electrons. The van der Waals surface area contributed by atoms with E-state index in [0.717, 1.165) is 40.5 Å². The van der Waals surface area contributed by atoms with Crippen molar-refractivity contribution in [3.05, 3.63) is 101 Å². The minimum atomic E-state index is 0.598. The van der Waals surface area contributed by atoms with Crippen LogP contribution in [0.1, 0.15) is 28.3 Å². The van der Waals surface area contributed by atoms with Crippen LogP contribution >= 0.6 is 0 Å². The van der Waals surface area contributed by atoms with Gasteiger partial charge in [0.2, 0.25) is 0 Å². The fraction of sp³-hybridized carbons (Fsp3) is 0.120. The topological polar surface area (TPSA) is 55.7 Å². The largest absolute Gasteiger partial charge is 0.493 e. The van der Waals surface area contributed by atoms with E-state index in [1.165, 1.54) is 0 Å². The van der Waals surface area contributed by atoms with Crippen molar-refractivity contribution in [3.63, 3.8) is 0 Å². The van der Waals surface area contributed by atoms with Gasteiger partial charge in [0.15, 0.2) is 0 Å². The normalized spacial score (nSPS) is 11.5. The van der Waals surface area contributed by atoms with Crippen molar-refractivity contribution < 1.29 is 4.74 Å². The molecule has 1 aromatic carbocycles. The van der Waals surface area contributed by atoms with Crippen LogP contribution in [0.3, 0.4) is 0 Å². The highest BCUT2D eigenvalue weighted by Crippen LogP contribution is 2.16. The lowest BCUT2D eigenvalue weighted by Crippen LogP contribution is -2.02. The zero-order chi connectivity index (χ0) is 20.6. The molecule has 5 heteroatoms. The Balaban J connectivity index is 1.34. The molecule has 0 bridgehead atoms. The number of hydrogen-bond donors (Lipinski definition) is 1. The molecule has 1 N–H and O–H groups in total. The standard InChI is InChI=1S/C25H24N4O/c1-29-16-5-8-24(29)13-12-23-19-22(27-28-23)11-10-20-6-4-9-25(18-20)30-17-14-21-7-2-3-15-26-21/h2-13,15-16,18-19H,14,17H2,1H3,(H,27,28). The molecule has 0 aliphatic heterocycles. The lowest BCUT2D eigenvalue weighted by atomic mass is 10.2. The molecule has 0 aliphatic rings. The summed E-state index contributed by atoms with van der Waals surface area (Å²) in [5.41, 5.74) is 5.07. The second-order valence-electron chi connectivity index (χ2n) is 6.95. The van der Waals surface area contributed by atoms with E-state index in [2.05, 4.69) is 31.9 Å². The third-order valence-corrected chi connectivity index (χ3v) is 4.69. The SMILES string of the molecule is Cn1cccc1C=Cc1cc(C=Cc2cccc(OCCc3ccccn3)c2)n[nH]1. The summed E-state index contributed by atoms with van der Waals surface area (Å²) in [4.78, 5) is 4.32. The van der Waals surface area contributed by atoms with E-state index in [-0.39, 0.29) is 0 Å². The molecule has 0 aliphatic carbocycles. The highest BCUT2D eigenvalue weighted by molar-refractivity contribution is 5.71. The van der Waals surface area contributed by atoms with E-state index in [1.54, 1.807) is 6.20 Å². The van der Waals surface area contributed by atoms with E-state index in [0.29, 0.717) is 6.61 Å². The van der Waals surface area contributed by atoms with E-state index < -0.39 is 0 Å². The Morgan fingerprint density at radius 3 is 2.77 bits per heavy atom. The van der Waals surface area contributed by atoms with Crippen LogP contribution in [0.15, 0.2) is 73.1 Å². The Hall–Kier alpha value is -3.86. The molecule has 3 aromatic heterocycles. The van der Waals surface area contributed by atoms with Crippen molar-refractivity contribution in [3.8, 4) is 5.75 Å². The van der Waals surface area contributed by atoms with Gasteiger partial charge in [-0.1, -0.05) is 24.3 Å². The summed E-state index contributed by atoms with van der Waals surface area (Å²) in [7, 11) is 2.02. The molecule has 0 atom stereocenters. The maximum Gasteiger partial charge on any atom is 0.119 e. The van der Waals surface area contributed by atoms with Gasteiger partial charge in [-0.25, -0.2) is 0 Å². The molecule has 5 nitrogen and oxygen atoms in total. The van der Waals surface area contributed by atoms with Crippen molar-refractivity contribution in [2.45, 2.75) is 6.42 Å². The van der Waals surface area contributed by atoms with Gasteiger partial charge < -0.3 is 9.30 Å². The number of hydrogen-bond acceptors (Lipinski definition) is 3. The monoisotopic (exact) mass is 396 g/mol. The molecular formula is C25H24N4O. The van der Waals surface area contributed by atoms with E-state index in [1.807, 2.05) is 86.1 Å². The zero-order valence-corrected chi connectivity index (χ0v) is 16.9. The number of aromatic amines is 1. The zero-order valence-electron chi connectivity index (χ0n) is 16.9. The van der Waals surface area contributed by atoms with Crippen molar-refractivity contribution in [2.75, 3.05) is 6.61 Å². The fourth-order valence-corrected chi connectivity index (χ4v) is 3.06. The number of nitrogens with one attached hydrogen (secondary N) is 1. The highest BCUT2D eigenvalue weighted by Gasteiger charge is 1.99. The summed E-state index contributed by atoms with van der Waals surface area (Å²) in [5, 5.41) is 7.40. The lowest BCUT2D eigenvalue weighted by molar-refractivity contribution is 0.320. The average Bonchev–Trinajstić information content (AvgIpc) is 3.40. The Kier molecular flexibility index (Phi) is 6.20. The molecule has 3 heterocycles. The van der Waals surface area contributed by atoms with Crippen molar-refractivity contribution >= 4 is 24.3 Å². The van der Waals surface area contributed by atoms with Gasteiger partial charge in [-0.2, -0.15) is 5.10 Å². The average molecular weight is 396 g/mol. The summed E-state index contributed by atoms with van der Waals surface area (Å²) >= 11 is 0. The third kappa shape index (κ3) is 5.35.